The molecule has 0 aliphatic heterocycles. The van der Waals surface area contributed by atoms with Crippen LogP contribution in [0.25, 0.3) is 0 Å². The highest BCUT2D eigenvalue weighted by atomic mass is 16.5. The second kappa shape index (κ2) is 7.47. The number of carbonyl (C=O) groups is 1. The van der Waals surface area contributed by atoms with Gasteiger partial charge in [0.25, 0.3) is 0 Å². The van der Waals surface area contributed by atoms with Crippen molar-refractivity contribution in [2.45, 2.75) is 19.1 Å². The number of para-hydroxylation sites is 1. The highest BCUT2D eigenvalue weighted by Gasteiger charge is 2.19. The Morgan fingerprint density at radius 3 is 2.55 bits per heavy atom. The lowest BCUT2D eigenvalue weighted by molar-refractivity contribution is -0.137. The summed E-state index contributed by atoms with van der Waals surface area (Å²) in [6, 6.07) is 14.3. The first kappa shape index (κ1) is 15.9. The molecule has 0 spiro atoms. The summed E-state index contributed by atoms with van der Waals surface area (Å²) in [5.41, 5.74) is 7.60. The summed E-state index contributed by atoms with van der Waals surface area (Å²) in [5, 5.41) is 8.92. The third kappa shape index (κ3) is 3.99. The van der Waals surface area contributed by atoms with Gasteiger partial charge in [0, 0.05) is 11.6 Å². The van der Waals surface area contributed by atoms with E-state index in [2.05, 4.69) is 0 Å². The van der Waals surface area contributed by atoms with Gasteiger partial charge in [-0.1, -0.05) is 42.5 Å². The number of aliphatic carboxylic acids is 1. The van der Waals surface area contributed by atoms with E-state index >= 15 is 0 Å². The Morgan fingerprint density at radius 1 is 1.18 bits per heavy atom. The SMILES string of the molecule is COc1cccc(C(N)CC(=O)O)c1OCc1ccccc1. The van der Waals surface area contributed by atoms with Crippen LogP contribution in [0.2, 0.25) is 0 Å². The minimum absolute atomic E-state index is 0.172. The van der Waals surface area contributed by atoms with E-state index in [1.807, 2.05) is 30.3 Å². The highest BCUT2D eigenvalue weighted by Crippen LogP contribution is 2.35. The van der Waals surface area contributed by atoms with Crippen molar-refractivity contribution in [1.82, 2.24) is 0 Å². The van der Waals surface area contributed by atoms with Gasteiger partial charge < -0.3 is 20.3 Å². The first-order valence-electron chi connectivity index (χ1n) is 6.92. The van der Waals surface area contributed by atoms with E-state index in [0.717, 1.165) is 5.56 Å². The first-order valence-corrected chi connectivity index (χ1v) is 6.92. The summed E-state index contributed by atoms with van der Waals surface area (Å²) < 4.78 is 11.2. The lowest BCUT2D eigenvalue weighted by Crippen LogP contribution is -2.16. The van der Waals surface area contributed by atoms with Gasteiger partial charge in [-0.25, -0.2) is 0 Å². The van der Waals surface area contributed by atoms with Gasteiger partial charge in [-0.2, -0.15) is 0 Å². The largest absolute Gasteiger partial charge is 0.493 e. The fourth-order valence-electron chi connectivity index (χ4n) is 2.17. The summed E-state index contributed by atoms with van der Waals surface area (Å²) in [7, 11) is 1.54. The fourth-order valence-corrected chi connectivity index (χ4v) is 2.17. The van der Waals surface area contributed by atoms with Crippen LogP contribution in [0.1, 0.15) is 23.6 Å². The molecule has 0 saturated carbocycles. The van der Waals surface area contributed by atoms with Gasteiger partial charge in [-0.05, 0) is 11.6 Å². The fraction of sp³-hybridized carbons (Fsp3) is 0.235. The average molecular weight is 301 g/mol. The smallest absolute Gasteiger partial charge is 0.305 e. The average Bonchev–Trinajstić information content (AvgIpc) is 2.52. The molecule has 2 rings (SSSR count). The van der Waals surface area contributed by atoms with E-state index in [0.29, 0.717) is 23.7 Å². The monoisotopic (exact) mass is 301 g/mol. The molecule has 0 aromatic heterocycles. The van der Waals surface area contributed by atoms with Gasteiger partial charge in [0.05, 0.1) is 13.5 Å². The van der Waals surface area contributed by atoms with Crippen molar-refractivity contribution in [2.75, 3.05) is 7.11 Å². The van der Waals surface area contributed by atoms with Gasteiger partial charge in [0.2, 0.25) is 0 Å². The molecule has 2 aromatic carbocycles. The molecule has 1 atom stereocenters. The number of carboxylic acids is 1. The maximum absolute atomic E-state index is 10.9. The molecule has 3 N–H and O–H groups in total. The van der Waals surface area contributed by atoms with Crippen LogP contribution in [0.15, 0.2) is 48.5 Å². The Bertz CT molecular complexity index is 628. The molecule has 116 valence electrons. The normalized spacial score (nSPS) is 11.7. The van der Waals surface area contributed by atoms with Gasteiger partial charge in [-0.3, -0.25) is 4.79 Å². The van der Waals surface area contributed by atoms with Gasteiger partial charge in [-0.15, -0.1) is 0 Å². The Balaban J connectivity index is 2.25. The molecule has 22 heavy (non-hydrogen) atoms. The Labute approximate surface area is 129 Å². The Hall–Kier alpha value is -2.53. The van der Waals surface area contributed by atoms with E-state index in [-0.39, 0.29) is 6.42 Å². The predicted molar refractivity (Wildman–Crippen MR) is 82.9 cm³/mol. The predicted octanol–water partition coefficient (Wildman–Crippen LogP) is 2.75. The van der Waals surface area contributed by atoms with Gasteiger partial charge >= 0.3 is 5.97 Å². The molecule has 0 fully saturated rings. The topological polar surface area (TPSA) is 81.8 Å². The van der Waals surface area contributed by atoms with Crippen LogP contribution in [0.5, 0.6) is 11.5 Å². The van der Waals surface area contributed by atoms with Crippen LogP contribution in [-0.2, 0) is 11.4 Å². The Kier molecular flexibility index (Phi) is 5.38. The zero-order valence-electron chi connectivity index (χ0n) is 12.4. The first-order chi connectivity index (χ1) is 10.6. The number of rotatable bonds is 7. The maximum Gasteiger partial charge on any atom is 0.305 e. The Morgan fingerprint density at radius 2 is 1.91 bits per heavy atom. The maximum atomic E-state index is 10.9. The van der Waals surface area contributed by atoms with E-state index in [1.54, 1.807) is 18.2 Å². The van der Waals surface area contributed by atoms with Crippen molar-refractivity contribution in [3.63, 3.8) is 0 Å². The molecule has 0 aliphatic rings. The van der Waals surface area contributed by atoms with Crippen LogP contribution in [0, 0.1) is 0 Å². The number of nitrogens with two attached hydrogens (primary N) is 1. The molecule has 0 heterocycles. The quantitative estimate of drug-likeness (QED) is 0.821. The summed E-state index contributed by atoms with van der Waals surface area (Å²) in [6.45, 7) is 0.355. The molecular formula is C17H19NO4. The zero-order chi connectivity index (χ0) is 15.9. The highest BCUT2D eigenvalue weighted by molar-refractivity contribution is 5.68. The molecular weight excluding hydrogens is 282 g/mol. The van der Waals surface area contributed by atoms with Crippen LogP contribution in [0.4, 0.5) is 0 Å². The molecule has 0 radical (unpaired) electrons. The van der Waals surface area contributed by atoms with E-state index in [1.165, 1.54) is 7.11 Å². The van der Waals surface area contributed by atoms with E-state index in [4.69, 9.17) is 20.3 Å². The lowest BCUT2D eigenvalue weighted by Gasteiger charge is -2.18. The molecule has 0 bridgehead atoms. The molecule has 0 saturated heterocycles. The van der Waals surface area contributed by atoms with E-state index < -0.39 is 12.0 Å². The third-order valence-corrected chi connectivity index (χ3v) is 3.25. The van der Waals surface area contributed by atoms with Gasteiger partial charge in [0.1, 0.15) is 6.61 Å². The zero-order valence-corrected chi connectivity index (χ0v) is 12.4. The number of methoxy groups -OCH3 is 1. The summed E-state index contributed by atoms with van der Waals surface area (Å²) in [5.74, 6) is 0.0706. The number of benzene rings is 2. The summed E-state index contributed by atoms with van der Waals surface area (Å²) in [6.07, 6.45) is -0.172. The third-order valence-electron chi connectivity index (χ3n) is 3.25. The standard InChI is InChI=1S/C17H19NO4/c1-21-15-9-5-8-13(14(18)10-16(19)20)17(15)22-11-12-6-3-2-4-7-12/h2-9,14H,10-11,18H2,1H3,(H,19,20). The second-order valence-electron chi connectivity index (χ2n) is 4.86. The van der Waals surface area contributed by atoms with E-state index in [9.17, 15) is 4.79 Å². The van der Waals surface area contributed by atoms with Crippen molar-refractivity contribution in [3.8, 4) is 11.5 Å². The number of hydrogen-bond donors (Lipinski definition) is 2. The lowest BCUT2D eigenvalue weighted by atomic mass is 10.0. The van der Waals surface area contributed by atoms with Gasteiger partial charge in [0.15, 0.2) is 11.5 Å². The summed E-state index contributed by atoms with van der Waals surface area (Å²) >= 11 is 0. The van der Waals surface area contributed by atoms with Crippen LogP contribution < -0.4 is 15.2 Å². The number of ether oxygens (including phenoxy) is 2. The van der Waals surface area contributed by atoms with Crippen molar-refractivity contribution < 1.29 is 19.4 Å². The summed E-state index contributed by atoms with van der Waals surface area (Å²) in [4.78, 5) is 10.9. The molecule has 5 nitrogen and oxygen atoms in total. The van der Waals surface area contributed by atoms with Crippen molar-refractivity contribution in [1.29, 1.82) is 0 Å². The van der Waals surface area contributed by atoms with Crippen molar-refractivity contribution in [3.05, 3.63) is 59.7 Å². The van der Waals surface area contributed by atoms with Crippen molar-refractivity contribution in [2.24, 2.45) is 5.73 Å². The molecule has 0 aliphatic carbocycles. The number of hydrogen-bond acceptors (Lipinski definition) is 4. The molecule has 2 aromatic rings. The number of carboxylic acid groups (broad SMARTS) is 1. The van der Waals surface area contributed by atoms with Crippen LogP contribution in [0.3, 0.4) is 0 Å². The van der Waals surface area contributed by atoms with Crippen LogP contribution in [-0.4, -0.2) is 18.2 Å². The van der Waals surface area contributed by atoms with Crippen LogP contribution >= 0.6 is 0 Å². The van der Waals surface area contributed by atoms with Crippen molar-refractivity contribution >= 4 is 5.97 Å². The molecule has 0 amide bonds. The minimum Gasteiger partial charge on any atom is -0.493 e. The minimum atomic E-state index is -0.954. The molecule has 5 heteroatoms. The molecule has 1 unspecified atom stereocenters. The second-order valence-corrected chi connectivity index (χ2v) is 4.86.